The number of hydrogen-bond acceptors (Lipinski definition) is 5. The van der Waals surface area contributed by atoms with E-state index in [9.17, 15) is 0 Å². The fraction of sp³-hybridized carbons (Fsp3) is 0.357. The molecule has 2 rings (SSSR count). The Morgan fingerprint density at radius 2 is 2.16 bits per heavy atom. The van der Waals surface area contributed by atoms with Gasteiger partial charge in [-0.1, -0.05) is 6.07 Å². The summed E-state index contributed by atoms with van der Waals surface area (Å²) in [5.74, 6) is 1.34. The molecule has 1 aromatic carbocycles. The average Bonchev–Trinajstić information content (AvgIpc) is 2.84. The Kier molecular flexibility index (Phi) is 4.76. The molecule has 0 fully saturated rings. The van der Waals surface area contributed by atoms with E-state index in [0.29, 0.717) is 18.1 Å². The summed E-state index contributed by atoms with van der Waals surface area (Å²) in [5.41, 5.74) is 3.72. The molecule has 1 N–H and O–H groups in total. The summed E-state index contributed by atoms with van der Waals surface area (Å²) >= 11 is 1.65. The lowest BCUT2D eigenvalue weighted by atomic mass is 10.2. The molecule has 102 valence electrons. The minimum atomic E-state index is -0.00327. The smallest absolute Gasteiger partial charge is 0.161 e. The standard InChI is InChI=1S/C14H17NO3S/c1-10-14(19-9-15-10)5-6-18-12-4-3-11(8-16)7-13(12)17-2/h3-4,7,9,16H,5-6,8H2,1-2H3. The van der Waals surface area contributed by atoms with Gasteiger partial charge in [0.2, 0.25) is 0 Å². The van der Waals surface area contributed by atoms with E-state index in [4.69, 9.17) is 14.6 Å². The van der Waals surface area contributed by atoms with E-state index < -0.39 is 0 Å². The van der Waals surface area contributed by atoms with Crippen molar-refractivity contribution in [2.24, 2.45) is 0 Å². The zero-order valence-electron chi connectivity index (χ0n) is 11.0. The highest BCUT2D eigenvalue weighted by Crippen LogP contribution is 2.28. The average molecular weight is 279 g/mol. The number of aryl methyl sites for hydroxylation is 1. The summed E-state index contributed by atoms with van der Waals surface area (Å²) in [5, 5.41) is 9.08. The first-order chi connectivity index (χ1) is 9.24. The quantitative estimate of drug-likeness (QED) is 0.883. The van der Waals surface area contributed by atoms with Crippen molar-refractivity contribution >= 4 is 11.3 Å². The Morgan fingerprint density at radius 3 is 2.79 bits per heavy atom. The van der Waals surface area contributed by atoms with Crippen LogP contribution in [0.15, 0.2) is 23.7 Å². The molecule has 2 aromatic rings. The van der Waals surface area contributed by atoms with Crippen LogP contribution in [0.3, 0.4) is 0 Å². The number of ether oxygens (including phenoxy) is 2. The van der Waals surface area contributed by atoms with Gasteiger partial charge in [-0.25, -0.2) is 4.98 Å². The van der Waals surface area contributed by atoms with Crippen LogP contribution in [0.5, 0.6) is 11.5 Å². The Bertz CT molecular complexity index is 539. The predicted octanol–water partition coefficient (Wildman–Crippen LogP) is 2.57. The van der Waals surface area contributed by atoms with Gasteiger partial charge in [-0.05, 0) is 24.6 Å². The Labute approximate surface area is 116 Å². The number of thiazole rings is 1. The van der Waals surface area contributed by atoms with E-state index in [-0.39, 0.29) is 6.61 Å². The van der Waals surface area contributed by atoms with Crippen LogP contribution in [0.1, 0.15) is 16.1 Å². The van der Waals surface area contributed by atoms with Crippen molar-refractivity contribution in [3.05, 3.63) is 39.8 Å². The van der Waals surface area contributed by atoms with E-state index in [1.54, 1.807) is 24.5 Å². The van der Waals surface area contributed by atoms with Gasteiger partial charge in [0, 0.05) is 11.3 Å². The fourth-order valence-corrected chi connectivity index (χ4v) is 2.51. The Hall–Kier alpha value is -1.59. The summed E-state index contributed by atoms with van der Waals surface area (Å²) in [4.78, 5) is 5.45. The number of aliphatic hydroxyl groups excluding tert-OH is 1. The number of aromatic nitrogens is 1. The van der Waals surface area contributed by atoms with E-state index in [1.165, 1.54) is 4.88 Å². The largest absolute Gasteiger partial charge is 0.493 e. The molecule has 0 saturated heterocycles. The molecule has 4 nitrogen and oxygen atoms in total. The number of rotatable bonds is 6. The van der Waals surface area contributed by atoms with Gasteiger partial charge < -0.3 is 14.6 Å². The normalized spacial score (nSPS) is 10.5. The maximum Gasteiger partial charge on any atom is 0.161 e. The third-order valence-corrected chi connectivity index (χ3v) is 3.84. The van der Waals surface area contributed by atoms with Crippen molar-refractivity contribution in [2.45, 2.75) is 20.0 Å². The Balaban J connectivity index is 1.97. The number of methoxy groups -OCH3 is 1. The molecule has 0 aliphatic heterocycles. The van der Waals surface area contributed by atoms with Crippen molar-refractivity contribution in [1.29, 1.82) is 0 Å². The van der Waals surface area contributed by atoms with Gasteiger partial charge in [0.1, 0.15) is 0 Å². The zero-order valence-corrected chi connectivity index (χ0v) is 11.9. The van der Waals surface area contributed by atoms with Crippen LogP contribution in [0.4, 0.5) is 0 Å². The fourth-order valence-electron chi connectivity index (χ4n) is 1.75. The maximum absolute atomic E-state index is 9.08. The lowest BCUT2D eigenvalue weighted by Crippen LogP contribution is -2.03. The lowest BCUT2D eigenvalue weighted by molar-refractivity contribution is 0.277. The van der Waals surface area contributed by atoms with Crippen molar-refractivity contribution in [3.8, 4) is 11.5 Å². The molecule has 0 bridgehead atoms. The van der Waals surface area contributed by atoms with Crippen molar-refractivity contribution < 1.29 is 14.6 Å². The van der Waals surface area contributed by atoms with Crippen LogP contribution in [0, 0.1) is 6.92 Å². The van der Waals surface area contributed by atoms with Gasteiger partial charge >= 0.3 is 0 Å². The second-order valence-corrected chi connectivity index (χ2v) is 5.04. The molecular weight excluding hydrogens is 262 g/mol. The number of benzene rings is 1. The van der Waals surface area contributed by atoms with Crippen LogP contribution < -0.4 is 9.47 Å². The summed E-state index contributed by atoms with van der Waals surface area (Å²) < 4.78 is 11.0. The summed E-state index contributed by atoms with van der Waals surface area (Å²) in [6, 6.07) is 5.44. The van der Waals surface area contributed by atoms with Gasteiger partial charge in [0.15, 0.2) is 11.5 Å². The summed E-state index contributed by atoms with van der Waals surface area (Å²) in [7, 11) is 1.59. The molecule has 0 atom stereocenters. The second-order valence-electron chi connectivity index (χ2n) is 4.10. The van der Waals surface area contributed by atoms with Crippen LogP contribution in [0.25, 0.3) is 0 Å². The molecule has 0 spiro atoms. The third-order valence-electron chi connectivity index (χ3n) is 2.84. The molecule has 1 aromatic heterocycles. The van der Waals surface area contributed by atoms with Crippen LogP contribution >= 0.6 is 11.3 Å². The van der Waals surface area contributed by atoms with E-state index in [1.807, 2.05) is 24.6 Å². The second kappa shape index (κ2) is 6.54. The SMILES string of the molecule is COc1cc(CO)ccc1OCCc1scnc1C. The molecule has 0 aliphatic rings. The van der Waals surface area contributed by atoms with Gasteiger partial charge in [0.05, 0.1) is 31.5 Å². The molecular formula is C14H17NO3S. The number of nitrogens with zero attached hydrogens (tertiary/aromatic N) is 1. The van der Waals surface area contributed by atoms with E-state index in [2.05, 4.69) is 4.98 Å². The van der Waals surface area contributed by atoms with Gasteiger partial charge in [-0.2, -0.15) is 0 Å². The van der Waals surface area contributed by atoms with Crippen LogP contribution in [-0.4, -0.2) is 23.8 Å². The van der Waals surface area contributed by atoms with E-state index >= 15 is 0 Å². The molecule has 19 heavy (non-hydrogen) atoms. The first-order valence-corrected chi connectivity index (χ1v) is 6.92. The molecule has 0 saturated carbocycles. The third kappa shape index (κ3) is 3.45. The highest BCUT2D eigenvalue weighted by Gasteiger charge is 2.07. The highest BCUT2D eigenvalue weighted by molar-refractivity contribution is 7.09. The van der Waals surface area contributed by atoms with Gasteiger partial charge in [0.25, 0.3) is 0 Å². The summed E-state index contributed by atoms with van der Waals surface area (Å²) in [6.07, 6.45) is 0.835. The summed E-state index contributed by atoms with van der Waals surface area (Å²) in [6.45, 7) is 2.58. The maximum atomic E-state index is 9.08. The minimum absolute atomic E-state index is 0.00327. The predicted molar refractivity (Wildman–Crippen MR) is 75.0 cm³/mol. The van der Waals surface area contributed by atoms with Crippen molar-refractivity contribution in [3.63, 3.8) is 0 Å². The van der Waals surface area contributed by atoms with E-state index in [0.717, 1.165) is 17.7 Å². The lowest BCUT2D eigenvalue weighted by Gasteiger charge is -2.11. The molecule has 0 unspecified atom stereocenters. The molecule has 5 heteroatoms. The minimum Gasteiger partial charge on any atom is -0.493 e. The molecule has 0 radical (unpaired) electrons. The molecule has 1 heterocycles. The Morgan fingerprint density at radius 1 is 1.32 bits per heavy atom. The zero-order chi connectivity index (χ0) is 13.7. The first kappa shape index (κ1) is 13.8. The van der Waals surface area contributed by atoms with Crippen LogP contribution in [-0.2, 0) is 13.0 Å². The highest BCUT2D eigenvalue weighted by atomic mass is 32.1. The topological polar surface area (TPSA) is 51.6 Å². The van der Waals surface area contributed by atoms with Gasteiger partial charge in [-0.3, -0.25) is 0 Å². The molecule has 0 amide bonds. The monoisotopic (exact) mass is 279 g/mol. The van der Waals surface area contributed by atoms with Crippen molar-refractivity contribution in [1.82, 2.24) is 4.98 Å². The first-order valence-electron chi connectivity index (χ1n) is 6.04. The number of aliphatic hydroxyl groups is 1. The van der Waals surface area contributed by atoms with Crippen LogP contribution in [0.2, 0.25) is 0 Å². The van der Waals surface area contributed by atoms with Crippen molar-refractivity contribution in [2.75, 3.05) is 13.7 Å². The number of hydrogen-bond donors (Lipinski definition) is 1. The molecule has 0 aliphatic carbocycles. The van der Waals surface area contributed by atoms with Gasteiger partial charge in [-0.15, -0.1) is 11.3 Å².